The van der Waals surface area contributed by atoms with Gasteiger partial charge in [0, 0.05) is 32.3 Å². The van der Waals surface area contributed by atoms with E-state index in [0.717, 1.165) is 42.1 Å². The van der Waals surface area contributed by atoms with Crippen molar-refractivity contribution in [3.8, 4) is 5.75 Å². The molecule has 0 atom stereocenters. The van der Waals surface area contributed by atoms with Crippen LogP contribution in [0, 0.1) is 6.92 Å². The van der Waals surface area contributed by atoms with E-state index in [-0.39, 0.29) is 0 Å². The fourth-order valence-electron chi connectivity index (χ4n) is 2.59. The third kappa shape index (κ3) is 5.64. The van der Waals surface area contributed by atoms with E-state index in [1.807, 2.05) is 61.5 Å². The van der Waals surface area contributed by atoms with E-state index in [9.17, 15) is 0 Å². The number of hydrogen-bond acceptors (Lipinski definition) is 2. The van der Waals surface area contributed by atoms with Crippen LogP contribution in [0.2, 0.25) is 10.0 Å². The molecule has 0 aromatic heterocycles. The number of anilines is 1. The lowest BCUT2D eigenvalue weighted by atomic mass is 10.1. The molecule has 0 heterocycles. The monoisotopic (exact) mass is 527 g/mol. The van der Waals surface area contributed by atoms with Crippen molar-refractivity contribution >= 4 is 60.7 Å². The largest absolute Gasteiger partial charge is 0.487 e. The predicted octanol–water partition coefficient (Wildman–Crippen LogP) is 8.02. The third-order valence-electron chi connectivity index (χ3n) is 4.01. The van der Waals surface area contributed by atoms with Crippen LogP contribution in [0.5, 0.6) is 5.75 Å². The van der Waals surface area contributed by atoms with Crippen LogP contribution in [-0.2, 0) is 13.2 Å². The van der Waals surface area contributed by atoms with Crippen LogP contribution in [0.3, 0.4) is 0 Å². The number of ether oxygens (including phenoxy) is 1. The molecular weight excluding hydrogens is 513 g/mol. The standard InChI is InChI=1S/C21H17Br2Cl2NO/c1-13-5-6-18(10-20(13)25)26-11-15-8-16(22)9-19(23)21(15)27-12-14-3-2-4-17(24)7-14/h2-10,26H,11-12H2,1H3. The van der Waals surface area contributed by atoms with Crippen molar-refractivity contribution in [2.24, 2.45) is 0 Å². The molecule has 0 unspecified atom stereocenters. The van der Waals surface area contributed by atoms with Crippen molar-refractivity contribution in [2.75, 3.05) is 5.32 Å². The Morgan fingerprint density at radius 2 is 1.81 bits per heavy atom. The van der Waals surface area contributed by atoms with Gasteiger partial charge in [-0.2, -0.15) is 0 Å². The molecule has 0 radical (unpaired) electrons. The first-order valence-electron chi connectivity index (χ1n) is 8.27. The topological polar surface area (TPSA) is 21.3 Å². The van der Waals surface area contributed by atoms with Gasteiger partial charge in [-0.25, -0.2) is 0 Å². The number of benzene rings is 3. The fraction of sp³-hybridized carbons (Fsp3) is 0.143. The molecule has 0 spiro atoms. The van der Waals surface area contributed by atoms with Gasteiger partial charge in [-0.3, -0.25) is 0 Å². The molecule has 0 aliphatic heterocycles. The van der Waals surface area contributed by atoms with Crippen LogP contribution in [0.15, 0.2) is 63.5 Å². The Morgan fingerprint density at radius 3 is 2.56 bits per heavy atom. The van der Waals surface area contributed by atoms with Crippen molar-refractivity contribution in [1.29, 1.82) is 0 Å². The maximum Gasteiger partial charge on any atom is 0.139 e. The average molecular weight is 530 g/mol. The van der Waals surface area contributed by atoms with Gasteiger partial charge in [-0.05, 0) is 70.4 Å². The summed E-state index contributed by atoms with van der Waals surface area (Å²) in [6, 6.07) is 17.6. The Kier molecular flexibility index (Phi) is 7.10. The lowest BCUT2D eigenvalue weighted by molar-refractivity contribution is 0.301. The van der Waals surface area contributed by atoms with Gasteiger partial charge < -0.3 is 10.1 Å². The summed E-state index contributed by atoms with van der Waals surface area (Å²) in [5.74, 6) is 0.795. The maximum absolute atomic E-state index is 6.22. The minimum Gasteiger partial charge on any atom is -0.487 e. The number of rotatable bonds is 6. The average Bonchev–Trinajstić information content (AvgIpc) is 2.62. The van der Waals surface area contributed by atoms with E-state index in [2.05, 4.69) is 37.2 Å². The second kappa shape index (κ2) is 9.33. The highest BCUT2D eigenvalue weighted by molar-refractivity contribution is 9.11. The summed E-state index contributed by atoms with van der Waals surface area (Å²) in [6.07, 6.45) is 0. The van der Waals surface area contributed by atoms with E-state index in [0.29, 0.717) is 18.2 Å². The Bertz CT molecular complexity index is 963. The summed E-state index contributed by atoms with van der Waals surface area (Å²) >= 11 is 19.4. The molecular formula is C21H17Br2Cl2NO. The molecule has 0 aliphatic carbocycles. The van der Waals surface area contributed by atoms with Gasteiger partial charge in [0.1, 0.15) is 12.4 Å². The normalized spacial score (nSPS) is 10.7. The van der Waals surface area contributed by atoms with Crippen LogP contribution in [0.4, 0.5) is 5.69 Å². The zero-order chi connectivity index (χ0) is 19.4. The number of halogens is 4. The zero-order valence-electron chi connectivity index (χ0n) is 14.5. The summed E-state index contributed by atoms with van der Waals surface area (Å²) in [4.78, 5) is 0. The van der Waals surface area contributed by atoms with Crippen molar-refractivity contribution < 1.29 is 4.74 Å². The molecule has 6 heteroatoms. The summed E-state index contributed by atoms with van der Waals surface area (Å²) in [5, 5.41) is 4.85. The van der Waals surface area contributed by atoms with Gasteiger partial charge in [0.2, 0.25) is 0 Å². The number of hydrogen-bond donors (Lipinski definition) is 1. The number of nitrogens with one attached hydrogen (secondary N) is 1. The Morgan fingerprint density at radius 1 is 1.00 bits per heavy atom. The molecule has 140 valence electrons. The molecule has 0 saturated carbocycles. The van der Waals surface area contributed by atoms with Gasteiger partial charge in [-0.1, -0.05) is 57.3 Å². The Labute approximate surface area is 186 Å². The van der Waals surface area contributed by atoms with Crippen LogP contribution in [-0.4, -0.2) is 0 Å². The van der Waals surface area contributed by atoms with Gasteiger partial charge in [0.15, 0.2) is 0 Å². The lowest BCUT2D eigenvalue weighted by Gasteiger charge is -2.16. The molecule has 27 heavy (non-hydrogen) atoms. The third-order valence-corrected chi connectivity index (χ3v) is 5.70. The van der Waals surface area contributed by atoms with Crippen molar-refractivity contribution in [3.63, 3.8) is 0 Å². The fourth-order valence-corrected chi connectivity index (χ4v) is 4.41. The van der Waals surface area contributed by atoms with E-state index in [1.54, 1.807) is 0 Å². The summed E-state index contributed by atoms with van der Waals surface area (Å²) < 4.78 is 7.96. The Hall–Kier alpha value is -1.20. The molecule has 0 aliphatic rings. The highest BCUT2D eigenvalue weighted by atomic mass is 79.9. The molecule has 0 fully saturated rings. The first-order valence-corrected chi connectivity index (χ1v) is 10.6. The highest BCUT2D eigenvalue weighted by Gasteiger charge is 2.11. The van der Waals surface area contributed by atoms with Crippen molar-refractivity contribution in [1.82, 2.24) is 0 Å². The lowest BCUT2D eigenvalue weighted by Crippen LogP contribution is -2.05. The van der Waals surface area contributed by atoms with Crippen molar-refractivity contribution in [3.05, 3.63) is 90.3 Å². The van der Waals surface area contributed by atoms with E-state index in [4.69, 9.17) is 27.9 Å². The van der Waals surface area contributed by atoms with Gasteiger partial charge in [0.25, 0.3) is 0 Å². The molecule has 0 saturated heterocycles. The highest BCUT2D eigenvalue weighted by Crippen LogP contribution is 2.34. The van der Waals surface area contributed by atoms with Gasteiger partial charge >= 0.3 is 0 Å². The SMILES string of the molecule is Cc1ccc(NCc2cc(Br)cc(Br)c2OCc2cccc(Cl)c2)cc1Cl. The summed E-state index contributed by atoms with van der Waals surface area (Å²) in [6.45, 7) is 3.02. The molecule has 2 nitrogen and oxygen atoms in total. The second-order valence-corrected chi connectivity index (χ2v) is 8.73. The van der Waals surface area contributed by atoms with Crippen molar-refractivity contribution in [2.45, 2.75) is 20.1 Å². The minimum atomic E-state index is 0.435. The molecule has 0 amide bonds. The quantitative estimate of drug-likeness (QED) is 0.349. The van der Waals surface area contributed by atoms with Gasteiger partial charge in [-0.15, -0.1) is 0 Å². The summed E-state index contributed by atoms with van der Waals surface area (Å²) in [5.41, 5.74) is 4.05. The van der Waals surface area contributed by atoms with Crippen LogP contribution in [0.1, 0.15) is 16.7 Å². The van der Waals surface area contributed by atoms with Gasteiger partial charge in [0.05, 0.1) is 4.47 Å². The number of aryl methyl sites for hydroxylation is 1. The first-order chi connectivity index (χ1) is 12.9. The Balaban J connectivity index is 1.78. The predicted molar refractivity (Wildman–Crippen MR) is 121 cm³/mol. The summed E-state index contributed by atoms with van der Waals surface area (Å²) in [7, 11) is 0. The molecule has 3 rings (SSSR count). The smallest absolute Gasteiger partial charge is 0.139 e. The first kappa shape index (κ1) is 20.5. The maximum atomic E-state index is 6.22. The second-order valence-electron chi connectivity index (χ2n) is 6.11. The van der Waals surface area contributed by atoms with Crippen LogP contribution >= 0.6 is 55.1 Å². The van der Waals surface area contributed by atoms with E-state index < -0.39 is 0 Å². The molecule has 0 bridgehead atoms. The van der Waals surface area contributed by atoms with E-state index in [1.165, 1.54) is 0 Å². The molecule has 3 aromatic carbocycles. The van der Waals surface area contributed by atoms with Crippen LogP contribution in [0.25, 0.3) is 0 Å². The molecule has 3 aromatic rings. The zero-order valence-corrected chi connectivity index (χ0v) is 19.2. The van der Waals surface area contributed by atoms with E-state index >= 15 is 0 Å². The molecule has 1 N–H and O–H groups in total. The van der Waals surface area contributed by atoms with Crippen LogP contribution < -0.4 is 10.1 Å². The minimum absolute atomic E-state index is 0.435.